The predicted octanol–water partition coefficient (Wildman–Crippen LogP) is 3.01. The number of nitrogens with one attached hydrogen (secondary N) is 2. The first-order valence-corrected chi connectivity index (χ1v) is 8.93. The topological polar surface area (TPSA) is 105 Å². The average Bonchev–Trinajstić information content (AvgIpc) is 3.01. The molecule has 0 saturated carbocycles. The molecule has 0 saturated heterocycles. The fraction of sp³-hybridized carbons (Fsp3) is 0.421. The van der Waals surface area contributed by atoms with Crippen LogP contribution in [0.4, 0.5) is 10.5 Å². The van der Waals surface area contributed by atoms with Crippen LogP contribution in [0.2, 0.25) is 0 Å². The summed E-state index contributed by atoms with van der Waals surface area (Å²) in [4.78, 5) is 27.2. The number of ether oxygens (including phenoxy) is 1. The van der Waals surface area contributed by atoms with Crippen molar-refractivity contribution in [1.29, 1.82) is 0 Å². The third-order valence-corrected chi connectivity index (χ3v) is 4.30. The third kappa shape index (κ3) is 4.58. The van der Waals surface area contributed by atoms with Gasteiger partial charge in [-0.2, -0.15) is 0 Å². The van der Waals surface area contributed by atoms with Gasteiger partial charge in [-0.1, -0.05) is 6.07 Å². The number of carboxylic acids is 1. The lowest BCUT2D eigenvalue weighted by Crippen LogP contribution is -2.37. The Balaban J connectivity index is 1.86. The zero-order chi connectivity index (χ0) is 19.6. The van der Waals surface area contributed by atoms with Crippen molar-refractivity contribution in [2.45, 2.75) is 51.9 Å². The summed E-state index contributed by atoms with van der Waals surface area (Å²) in [6.07, 6.45) is 3.31. The standard InChI is InChI=1S/C19H24N4O4/c1-11(2)27-19(26)22-16-6-12(3)21-15-5-4-13(7-14(15)16)17-8-23(10-20-17)9-18(24)25/h4-5,7-8,10-12,16,21H,6,9H2,1-3H3,(H,22,26)(H,24,25)/t12-,16+/m1/s1. The van der Waals surface area contributed by atoms with Gasteiger partial charge in [-0.05, 0) is 44.9 Å². The molecule has 0 unspecified atom stereocenters. The number of nitrogens with zero attached hydrogens (tertiary/aromatic N) is 2. The number of imidazole rings is 1. The molecule has 3 N–H and O–H groups in total. The lowest BCUT2D eigenvalue weighted by Gasteiger charge is -2.32. The van der Waals surface area contributed by atoms with E-state index in [0.717, 1.165) is 23.2 Å². The first kappa shape index (κ1) is 18.8. The van der Waals surface area contributed by atoms with Crippen LogP contribution < -0.4 is 10.6 Å². The molecule has 27 heavy (non-hydrogen) atoms. The number of carboxylic acid groups (broad SMARTS) is 1. The molecule has 0 spiro atoms. The van der Waals surface area contributed by atoms with Gasteiger partial charge < -0.3 is 25.0 Å². The number of carbonyl (C=O) groups is 2. The molecule has 0 aliphatic carbocycles. The normalized spacial score (nSPS) is 18.5. The maximum atomic E-state index is 12.1. The van der Waals surface area contributed by atoms with Crippen molar-refractivity contribution in [1.82, 2.24) is 14.9 Å². The average molecular weight is 372 g/mol. The van der Waals surface area contributed by atoms with Gasteiger partial charge in [0.1, 0.15) is 6.54 Å². The van der Waals surface area contributed by atoms with E-state index in [4.69, 9.17) is 9.84 Å². The molecule has 144 valence electrons. The quantitative estimate of drug-likeness (QED) is 0.745. The van der Waals surface area contributed by atoms with Crippen LogP contribution in [-0.4, -0.2) is 38.9 Å². The van der Waals surface area contributed by atoms with Crippen molar-refractivity contribution in [3.05, 3.63) is 36.3 Å². The number of hydrogen-bond acceptors (Lipinski definition) is 5. The Kier molecular flexibility index (Phi) is 5.34. The Morgan fingerprint density at radius 3 is 2.93 bits per heavy atom. The highest BCUT2D eigenvalue weighted by Crippen LogP contribution is 2.35. The first-order chi connectivity index (χ1) is 12.8. The largest absolute Gasteiger partial charge is 0.480 e. The molecule has 3 rings (SSSR count). The van der Waals surface area contributed by atoms with Gasteiger partial charge in [0.25, 0.3) is 0 Å². The zero-order valence-electron chi connectivity index (χ0n) is 15.6. The van der Waals surface area contributed by atoms with Crippen LogP contribution >= 0.6 is 0 Å². The number of carbonyl (C=O) groups excluding carboxylic acids is 1. The van der Waals surface area contributed by atoms with E-state index in [1.807, 2.05) is 32.0 Å². The Morgan fingerprint density at radius 1 is 1.44 bits per heavy atom. The van der Waals surface area contributed by atoms with Gasteiger partial charge in [0.15, 0.2) is 0 Å². The van der Waals surface area contributed by atoms with Crippen LogP contribution in [-0.2, 0) is 16.1 Å². The Morgan fingerprint density at radius 2 is 2.22 bits per heavy atom. The predicted molar refractivity (Wildman–Crippen MR) is 100 cm³/mol. The van der Waals surface area contributed by atoms with E-state index in [1.165, 1.54) is 10.9 Å². The van der Waals surface area contributed by atoms with E-state index in [1.54, 1.807) is 6.20 Å². The van der Waals surface area contributed by atoms with Gasteiger partial charge >= 0.3 is 12.1 Å². The minimum atomic E-state index is -0.921. The van der Waals surface area contributed by atoms with Crippen LogP contribution in [0.3, 0.4) is 0 Å². The minimum absolute atomic E-state index is 0.137. The second kappa shape index (κ2) is 7.69. The number of benzene rings is 1. The number of aromatic nitrogens is 2. The Labute approximate surface area is 157 Å². The van der Waals surface area contributed by atoms with Gasteiger partial charge in [-0.25, -0.2) is 9.78 Å². The molecule has 8 nitrogen and oxygen atoms in total. The summed E-state index contributed by atoms with van der Waals surface area (Å²) in [6.45, 7) is 5.55. The minimum Gasteiger partial charge on any atom is -0.480 e. The molecule has 2 heterocycles. The van der Waals surface area contributed by atoms with Gasteiger partial charge in [0.2, 0.25) is 0 Å². The highest BCUT2D eigenvalue weighted by molar-refractivity contribution is 5.72. The molecular weight excluding hydrogens is 348 g/mol. The number of amides is 1. The number of hydrogen-bond donors (Lipinski definition) is 3. The first-order valence-electron chi connectivity index (χ1n) is 8.93. The van der Waals surface area contributed by atoms with E-state index in [0.29, 0.717) is 5.69 Å². The monoisotopic (exact) mass is 372 g/mol. The Bertz CT molecular complexity index is 846. The number of rotatable bonds is 5. The van der Waals surface area contributed by atoms with Crippen LogP contribution in [0.15, 0.2) is 30.7 Å². The van der Waals surface area contributed by atoms with Crippen LogP contribution in [0, 0.1) is 0 Å². The van der Waals surface area contributed by atoms with Gasteiger partial charge in [-0.15, -0.1) is 0 Å². The summed E-state index contributed by atoms with van der Waals surface area (Å²) >= 11 is 0. The second-order valence-corrected chi connectivity index (χ2v) is 7.06. The van der Waals surface area contributed by atoms with Gasteiger partial charge in [0, 0.05) is 23.5 Å². The van der Waals surface area contributed by atoms with Crippen LogP contribution in [0.1, 0.15) is 38.8 Å². The molecule has 0 bridgehead atoms. The van der Waals surface area contributed by atoms with Crippen molar-refractivity contribution in [2.24, 2.45) is 0 Å². The number of anilines is 1. The van der Waals surface area contributed by atoms with Crippen molar-refractivity contribution in [2.75, 3.05) is 5.32 Å². The number of alkyl carbamates (subject to hydrolysis) is 1. The molecule has 2 aromatic rings. The molecule has 2 atom stereocenters. The van der Waals surface area contributed by atoms with Crippen LogP contribution in [0.5, 0.6) is 0 Å². The summed E-state index contributed by atoms with van der Waals surface area (Å²) in [7, 11) is 0. The smallest absolute Gasteiger partial charge is 0.407 e. The molecule has 0 fully saturated rings. The summed E-state index contributed by atoms with van der Waals surface area (Å²) in [6, 6.07) is 5.90. The number of fused-ring (bicyclic) bond motifs is 1. The van der Waals surface area contributed by atoms with Crippen molar-refractivity contribution < 1.29 is 19.4 Å². The van der Waals surface area contributed by atoms with E-state index >= 15 is 0 Å². The van der Waals surface area contributed by atoms with Crippen molar-refractivity contribution in [3.8, 4) is 11.3 Å². The lowest BCUT2D eigenvalue weighted by atomic mass is 9.92. The summed E-state index contributed by atoms with van der Waals surface area (Å²) < 4.78 is 6.74. The van der Waals surface area contributed by atoms with Gasteiger partial charge in [-0.3, -0.25) is 4.79 Å². The Hall–Kier alpha value is -3.03. The molecule has 1 aliphatic heterocycles. The lowest BCUT2D eigenvalue weighted by molar-refractivity contribution is -0.137. The van der Waals surface area contributed by atoms with Crippen molar-refractivity contribution >= 4 is 17.7 Å². The molecule has 1 amide bonds. The van der Waals surface area contributed by atoms with E-state index in [-0.39, 0.29) is 24.7 Å². The molecule has 1 aliphatic rings. The molecule has 0 radical (unpaired) electrons. The van der Waals surface area contributed by atoms with Crippen molar-refractivity contribution in [3.63, 3.8) is 0 Å². The van der Waals surface area contributed by atoms with Gasteiger partial charge in [0.05, 0.1) is 24.2 Å². The maximum Gasteiger partial charge on any atom is 0.407 e. The van der Waals surface area contributed by atoms with Crippen LogP contribution in [0.25, 0.3) is 11.3 Å². The summed E-state index contributed by atoms with van der Waals surface area (Å²) in [5.41, 5.74) is 3.45. The maximum absolute atomic E-state index is 12.1. The summed E-state index contributed by atoms with van der Waals surface area (Å²) in [5.74, 6) is -0.921. The molecule has 1 aromatic carbocycles. The second-order valence-electron chi connectivity index (χ2n) is 7.06. The van der Waals surface area contributed by atoms with E-state index < -0.39 is 12.1 Å². The zero-order valence-corrected chi connectivity index (χ0v) is 15.6. The highest BCUT2D eigenvalue weighted by Gasteiger charge is 2.27. The highest BCUT2D eigenvalue weighted by atomic mass is 16.6. The summed E-state index contributed by atoms with van der Waals surface area (Å²) in [5, 5.41) is 15.3. The fourth-order valence-electron chi connectivity index (χ4n) is 3.23. The number of aliphatic carboxylic acids is 1. The molecular formula is C19H24N4O4. The SMILES string of the molecule is CC(C)OC(=O)N[C@H]1C[C@@H](C)Nc2ccc(-c3cn(CC(=O)O)cn3)cc21. The molecule has 1 aromatic heterocycles. The van der Waals surface area contributed by atoms with E-state index in [2.05, 4.69) is 22.5 Å². The fourth-order valence-corrected chi connectivity index (χ4v) is 3.23. The van der Waals surface area contributed by atoms with E-state index in [9.17, 15) is 9.59 Å². The molecule has 8 heteroatoms. The third-order valence-electron chi connectivity index (χ3n) is 4.30.